The minimum atomic E-state index is 0.0198. The molecule has 1 fully saturated rings. The fourth-order valence-corrected chi connectivity index (χ4v) is 4.30. The van der Waals surface area contributed by atoms with E-state index < -0.39 is 0 Å². The smallest absolute Gasteiger partial charge is 0.267 e. The lowest BCUT2D eigenvalue weighted by molar-refractivity contribution is 0.0795. The highest BCUT2D eigenvalue weighted by molar-refractivity contribution is 7.18. The van der Waals surface area contributed by atoms with E-state index in [1.165, 1.54) is 11.3 Å². The van der Waals surface area contributed by atoms with Gasteiger partial charge in [0, 0.05) is 19.0 Å². The lowest BCUT2D eigenvalue weighted by Crippen LogP contribution is -2.27. The maximum atomic E-state index is 12.4. The fraction of sp³-hybridized carbons (Fsp3) is 0.267. The highest BCUT2D eigenvalue weighted by atomic mass is 35.5. The summed E-state index contributed by atoms with van der Waals surface area (Å²) in [4.78, 5) is 20.4. The lowest BCUT2D eigenvalue weighted by atomic mass is 10.1. The van der Waals surface area contributed by atoms with E-state index in [9.17, 15) is 4.79 Å². The first-order valence-electron chi connectivity index (χ1n) is 7.13. The number of amides is 1. The summed E-state index contributed by atoms with van der Waals surface area (Å²) in [6, 6.07) is 7.42. The van der Waals surface area contributed by atoms with Crippen LogP contribution >= 0.6 is 34.3 Å². The molecule has 4 heterocycles. The number of thiophene rings is 2. The van der Waals surface area contributed by atoms with Crippen molar-refractivity contribution in [2.75, 3.05) is 13.1 Å². The van der Waals surface area contributed by atoms with E-state index in [0.717, 1.165) is 11.3 Å². The SMILES string of the molecule is O=C(c1ccc(Cl)s1)N1CC[C@@H](c2noc(-c3cccs3)n2)C1. The molecule has 5 nitrogen and oxygen atoms in total. The molecule has 0 aliphatic carbocycles. The summed E-state index contributed by atoms with van der Waals surface area (Å²) in [5.41, 5.74) is 0. The normalized spacial score (nSPS) is 17.8. The molecule has 1 amide bonds. The maximum Gasteiger partial charge on any atom is 0.267 e. The van der Waals surface area contributed by atoms with Crippen molar-refractivity contribution < 1.29 is 9.32 Å². The Labute approximate surface area is 145 Å². The molecule has 0 radical (unpaired) electrons. The molecule has 118 valence electrons. The van der Waals surface area contributed by atoms with Gasteiger partial charge in [-0.3, -0.25) is 4.79 Å². The molecule has 0 bridgehead atoms. The standard InChI is InChI=1S/C15H12ClN3O2S2/c16-12-4-3-11(23-12)15(20)19-6-5-9(8-19)13-17-14(21-18-13)10-2-1-7-22-10/h1-4,7,9H,5-6,8H2/t9-/m1/s1. The Morgan fingerprint density at radius 3 is 3.04 bits per heavy atom. The molecule has 0 unspecified atom stereocenters. The Morgan fingerprint density at radius 2 is 2.30 bits per heavy atom. The topological polar surface area (TPSA) is 59.2 Å². The van der Waals surface area contributed by atoms with Crippen LogP contribution in [0.25, 0.3) is 10.8 Å². The number of hydrogen-bond acceptors (Lipinski definition) is 6. The Bertz CT molecular complexity index is 828. The minimum absolute atomic E-state index is 0.0198. The molecule has 0 aromatic carbocycles. The second-order valence-electron chi connectivity index (χ2n) is 5.28. The Balaban J connectivity index is 1.47. The number of likely N-dealkylation sites (tertiary alicyclic amines) is 1. The third kappa shape index (κ3) is 2.91. The fourth-order valence-electron chi connectivity index (χ4n) is 2.64. The second kappa shape index (κ2) is 6.07. The van der Waals surface area contributed by atoms with Gasteiger partial charge in [0.1, 0.15) is 0 Å². The predicted molar refractivity (Wildman–Crippen MR) is 90.2 cm³/mol. The van der Waals surface area contributed by atoms with Crippen molar-refractivity contribution in [3.63, 3.8) is 0 Å². The van der Waals surface area contributed by atoms with Gasteiger partial charge in [-0.25, -0.2) is 0 Å². The first kappa shape index (κ1) is 14.9. The molecule has 0 saturated carbocycles. The summed E-state index contributed by atoms with van der Waals surface area (Å²) < 4.78 is 5.96. The van der Waals surface area contributed by atoms with Crippen molar-refractivity contribution in [1.29, 1.82) is 0 Å². The molecule has 3 aromatic rings. The van der Waals surface area contributed by atoms with Crippen LogP contribution in [0, 0.1) is 0 Å². The van der Waals surface area contributed by atoms with E-state index in [1.54, 1.807) is 23.5 Å². The molecule has 1 aliphatic heterocycles. The Kier molecular flexibility index (Phi) is 3.92. The number of hydrogen-bond donors (Lipinski definition) is 0. The molecule has 4 rings (SSSR count). The first-order chi connectivity index (χ1) is 11.2. The predicted octanol–water partition coefficient (Wildman–Crippen LogP) is 4.14. The van der Waals surface area contributed by atoms with E-state index in [-0.39, 0.29) is 11.8 Å². The monoisotopic (exact) mass is 365 g/mol. The third-order valence-corrected chi connectivity index (χ3v) is 5.88. The zero-order chi connectivity index (χ0) is 15.8. The number of rotatable bonds is 3. The lowest BCUT2D eigenvalue weighted by Gasteiger charge is -2.14. The van der Waals surface area contributed by atoms with Crippen molar-refractivity contribution in [2.24, 2.45) is 0 Å². The van der Waals surface area contributed by atoms with Gasteiger partial charge >= 0.3 is 0 Å². The maximum absolute atomic E-state index is 12.4. The van der Waals surface area contributed by atoms with Crippen LogP contribution in [0.3, 0.4) is 0 Å². The van der Waals surface area contributed by atoms with E-state index in [0.29, 0.717) is 34.0 Å². The van der Waals surface area contributed by atoms with Gasteiger partial charge in [0.05, 0.1) is 14.1 Å². The van der Waals surface area contributed by atoms with Gasteiger partial charge in [0.2, 0.25) is 0 Å². The molecule has 23 heavy (non-hydrogen) atoms. The zero-order valence-electron chi connectivity index (χ0n) is 11.9. The Morgan fingerprint density at radius 1 is 1.39 bits per heavy atom. The van der Waals surface area contributed by atoms with E-state index in [1.807, 2.05) is 22.4 Å². The summed E-state index contributed by atoms with van der Waals surface area (Å²) in [7, 11) is 0. The summed E-state index contributed by atoms with van der Waals surface area (Å²) in [5.74, 6) is 1.36. The quantitative estimate of drug-likeness (QED) is 0.699. The molecular formula is C15H12ClN3O2S2. The van der Waals surface area contributed by atoms with Crippen LogP contribution < -0.4 is 0 Å². The summed E-state index contributed by atoms with van der Waals surface area (Å²) in [6.07, 6.45) is 0.842. The average Bonchev–Trinajstić information content (AvgIpc) is 3.30. The molecular weight excluding hydrogens is 354 g/mol. The van der Waals surface area contributed by atoms with Crippen LogP contribution in [0.15, 0.2) is 34.2 Å². The van der Waals surface area contributed by atoms with Gasteiger partial charge in [-0.1, -0.05) is 22.8 Å². The van der Waals surface area contributed by atoms with E-state index >= 15 is 0 Å². The third-order valence-electron chi connectivity index (χ3n) is 3.80. The van der Waals surface area contributed by atoms with Crippen molar-refractivity contribution in [3.8, 4) is 10.8 Å². The number of aromatic nitrogens is 2. The highest BCUT2D eigenvalue weighted by Crippen LogP contribution is 2.31. The first-order valence-corrected chi connectivity index (χ1v) is 9.20. The molecule has 0 N–H and O–H groups in total. The molecule has 1 aliphatic rings. The van der Waals surface area contributed by atoms with Crippen LogP contribution in [-0.4, -0.2) is 34.0 Å². The summed E-state index contributed by atoms with van der Waals surface area (Å²) in [5, 5.41) is 6.06. The van der Waals surface area contributed by atoms with Gasteiger partial charge in [-0.15, -0.1) is 22.7 Å². The van der Waals surface area contributed by atoms with Gasteiger partial charge in [-0.2, -0.15) is 4.98 Å². The molecule has 1 atom stereocenters. The minimum Gasteiger partial charge on any atom is -0.337 e. The van der Waals surface area contributed by atoms with Crippen LogP contribution in [-0.2, 0) is 0 Å². The highest BCUT2D eigenvalue weighted by Gasteiger charge is 2.31. The molecule has 0 spiro atoms. The summed E-state index contributed by atoms with van der Waals surface area (Å²) in [6.45, 7) is 1.31. The number of nitrogens with zero attached hydrogens (tertiary/aromatic N) is 3. The van der Waals surface area contributed by atoms with Crippen molar-refractivity contribution in [3.05, 3.63) is 44.7 Å². The number of carbonyl (C=O) groups excluding carboxylic acids is 1. The molecule has 1 saturated heterocycles. The van der Waals surface area contributed by atoms with Gasteiger partial charge < -0.3 is 9.42 Å². The van der Waals surface area contributed by atoms with Gasteiger partial charge in [-0.05, 0) is 30.0 Å². The zero-order valence-corrected chi connectivity index (χ0v) is 14.3. The molecule has 8 heteroatoms. The van der Waals surface area contributed by atoms with Crippen molar-refractivity contribution in [1.82, 2.24) is 15.0 Å². The number of carbonyl (C=O) groups is 1. The average molecular weight is 366 g/mol. The van der Waals surface area contributed by atoms with E-state index in [4.69, 9.17) is 16.1 Å². The van der Waals surface area contributed by atoms with Crippen LogP contribution in [0.1, 0.15) is 27.8 Å². The summed E-state index contributed by atoms with van der Waals surface area (Å²) >= 11 is 8.78. The van der Waals surface area contributed by atoms with Crippen molar-refractivity contribution >= 4 is 40.2 Å². The Hall–Kier alpha value is -1.70. The molecule has 3 aromatic heterocycles. The van der Waals surface area contributed by atoms with Gasteiger partial charge in [0.25, 0.3) is 11.8 Å². The number of halogens is 1. The van der Waals surface area contributed by atoms with E-state index in [2.05, 4.69) is 10.1 Å². The largest absolute Gasteiger partial charge is 0.337 e. The van der Waals surface area contributed by atoms with Gasteiger partial charge in [0.15, 0.2) is 5.82 Å². The van der Waals surface area contributed by atoms with Crippen LogP contribution in [0.4, 0.5) is 0 Å². The second-order valence-corrected chi connectivity index (χ2v) is 7.94. The van der Waals surface area contributed by atoms with Crippen LogP contribution in [0.5, 0.6) is 0 Å². The van der Waals surface area contributed by atoms with Crippen molar-refractivity contribution in [2.45, 2.75) is 12.3 Å². The van der Waals surface area contributed by atoms with Crippen LogP contribution in [0.2, 0.25) is 4.34 Å².